The zero-order valence-corrected chi connectivity index (χ0v) is 10.1. The van der Waals surface area contributed by atoms with E-state index >= 15 is 0 Å². The summed E-state index contributed by atoms with van der Waals surface area (Å²) in [6, 6.07) is 0.149. The first-order chi connectivity index (χ1) is 8.24. The van der Waals surface area contributed by atoms with Crippen molar-refractivity contribution in [2.75, 3.05) is 13.2 Å². The summed E-state index contributed by atoms with van der Waals surface area (Å²) in [5.74, 6) is 0.533. The molecule has 17 heavy (non-hydrogen) atoms. The molecule has 0 radical (unpaired) electrons. The molecule has 5 nitrogen and oxygen atoms in total. The van der Waals surface area contributed by atoms with E-state index in [-0.39, 0.29) is 18.6 Å². The van der Waals surface area contributed by atoms with Crippen LogP contribution in [0.2, 0.25) is 0 Å². The number of aromatic nitrogens is 1. The Bertz CT molecular complexity index is 387. The van der Waals surface area contributed by atoms with Gasteiger partial charge in [0.25, 0.3) is 5.91 Å². The molecule has 0 aliphatic carbocycles. The number of aliphatic hydroxyl groups excluding tert-OH is 1. The summed E-state index contributed by atoms with van der Waals surface area (Å²) in [5, 5.41) is 12.7. The van der Waals surface area contributed by atoms with Crippen molar-refractivity contribution >= 4 is 5.91 Å². The van der Waals surface area contributed by atoms with Crippen molar-refractivity contribution in [3.8, 4) is 0 Å². The minimum absolute atomic E-state index is 0.0260. The van der Waals surface area contributed by atoms with Crippen LogP contribution in [0, 0.1) is 6.92 Å². The Kier molecular flexibility index (Phi) is 3.78. The minimum atomic E-state index is -0.0260. The smallest absolute Gasteiger partial charge is 0.259 e. The SMILES string of the molecule is Cc1oncc1C(=O)N1CCCCC1CCO. The van der Waals surface area contributed by atoms with Gasteiger partial charge in [0.05, 0.1) is 6.20 Å². The molecule has 1 aliphatic heterocycles. The van der Waals surface area contributed by atoms with Crippen molar-refractivity contribution in [2.24, 2.45) is 0 Å². The van der Waals surface area contributed by atoms with Crippen LogP contribution in [0.3, 0.4) is 0 Å². The number of amides is 1. The zero-order valence-electron chi connectivity index (χ0n) is 10.1. The molecular formula is C12H18N2O3. The third-order valence-corrected chi connectivity index (χ3v) is 3.33. The lowest BCUT2D eigenvalue weighted by molar-refractivity contribution is 0.0573. The standard InChI is InChI=1S/C12H18N2O3/c1-9-11(8-13-17-9)12(16)14-6-3-2-4-10(14)5-7-15/h8,10,15H,2-7H2,1H3. The van der Waals surface area contributed by atoms with Gasteiger partial charge in [-0.05, 0) is 32.6 Å². The van der Waals surface area contributed by atoms with Crippen LogP contribution < -0.4 is 0 Å². The molecule has 0 bridgehead atoms. The van der Waals surface area contributed by atoms with E-state index in [1.165, 1.54) is 6.20 Å². The molecule has 1 atom stereocenters. The second kappa shape index (κ2) is 5.31. The molecule has 0 saturated carbocycles. The summed E-state index contributed by atoms with van der Waals surface area (Å²) in [5.41, 5.74) is 0.537. The van der Waals surface area contributed by atoms with E-state index in [1.807, 2.05) is 4.90 Å². The molecule has 2 heterocycles. The molecule has 0 aromatic carbocycles. The fourth-order valence-electron chi connectivity index (χ4n) is 2.38. The lowest BCUT2D eigenvalue weighted by Crippen LogP contribution is -2.44. The highest BCUT2D eigenvalue weighted by Crippen LogP contribution is 2.22. The molecule has 2 rings (SSSR count). The predicted octanol–water partition coefficient (Wildman–Crippen LogP) is 1.36. The molecule has 0 spiro atoms. The second-order valence-electron chi connectivity index (χ2n) is 4.46. The normalized spacial score (nSPS) is 20.6. The number of likely N-dealkylation sites (tertiary alicyclic amines) is 1. The highest BCUT2D eigenvalue weighted by atomic mass is 16.5. The van der Waals surface area contributed by atoms with Gasteiger partial charge in [-0.25, -0.2) is 0 Å². The first-order valence-electron chi connectivity index (χ1n) is 6.07. The van der Waals surface area contributed by atoms with Gasteiger partial charge >= 0.3 is 0 Å². The number of carbonyl (C=O) groups is 1. The van der Waals surface area contributed by atoms with E-state index in [9.17, 15) is 4.79 Å². The maximum atomic E-state index is 12.3. The van der Waals surface area contributed by atoms with Crippen LogP contribution >= 0.6 is 0 Å². The number of hydrogen-bond donors (Lipinski definition) is 1. The fourth-order valence-corrected chi connectivity index (χ4v) is 2.38. The topological polar surface area (TPSA) is 66.6 Å². The Hall–Kier alpha value is -1.36. The second-order valence-corrected chi connectivity index (χ2v) is 4.46. The van der Waals surface area contributed by atoms with Crippen molar-refractivity contribution < 1.29 is 14.4 Å². The fraction of sp³-hybridized carbons (Fsp3) is 0.667. The Balaban J connectivity index is 2.14. The van der Waals surface area contributed by atoms with Gasteiger partial charge < -0.3 is 14.5 Å². The molecule has 1 N–H and O–H groups in total. The number of nitrogens with zero attached hydrogens (tertiary/aromatic N) is 2. The maximum absolute atomic E-state index is 12.3. The molecule has 1 aliphatic rings. The molecule has 1 saturated heterocycles. The van der Waals surface area contributed by atoms with Crippen LogP contribution in [0.4, 0.5) is 0 Å². The average molecular weight is 238 g/mol. The zero-order chi connectivity index (χ0) is 12.3. The van der Waals surface area contributed by atoms with Crippen LogP contribution in [-0.2, 0) is 0 Å². The van der Waals surface area contributed by atoms with Crippen LogP contribution in [-0.4, -0.2) is 40.3 Å². The van der Waals surface area contributed by atoms with Crippen LogP contribution in [0.1, 0.15) is 41.8 Å². The van der Waals surface area contributed by atoms with E-state index in [0.717, 1.165) is 25.8 Å². The van der Waals surface area contributed by atoms with Gasteiger partial charge in [0, 0.05) is 19.2 Å². The molecule has 1 unspecified atom stereocenters. The van der Waals surface area contributed by atoms with Gasteiger partial charge in [-0.3, -0.25) is 4.79 Å². The van der Waals surface area contributed by atoms with E-state index in [2.05, 4.69) is 5.16 Å². The number of rotatable bonds is 3. The summed E-state index contributed by atoms with van der Waals surface area (Å²) in [6.07, 6.45) is 5.24. The van der Waals surface area contributed by atoms with E-state index in [0.29, 0.717) is 17.7 Å². The molecule has 1 aromatic heterocycles. The lowest BCUT2D eigenvalue weighted by atomic mass is 9.98. The Morgan fingerprint density at radius 1 is 1.65 bits per heavy atom. The highest BCUT2D eigenvalue weighted by molar-refractivity contribution is 5.95. The third kappa shape index (κ3) is 2.49. The molecule has 1 fully saturated rings. The highest BCUT2D eigenvalue weighted by Gasteiger charge is 2.28. The van der Waals surface area contributed by atoms with E-state index < -0.39 is 0 Å². The lowest BCUT2D eigenvalue weighted by Gasteiger charge is -2.35. The van der Waals surface area contributed by atoms with Gasteiger partial charge in [0.1, 0.15) is 11.3 Å². The molecule has 1 aromatic rings. The summed E-state index contributed by atoms with van der Waals surface area (Å²) < 4.78 is 4.92. The quantitative estimate of drug-likeness (QED) is 0.863. The molecular weight excluding hydrogens is 220 g/mol. The number of hydrogen-bond acceptors (Lipinski definition) is 4. The van der Waals surface area contributed by atoms with E-state index in [4.69, 9.17) is 9.63 Å². The Morgan fingerprint density at radius 2 is 2.47 bits per heavy atom. The summed E-state index contributed by atoms with van der Waals surface area (Å²) in [6.45, 7) is 2.62. The summed E-state index contributed by atoms with van der Waals surface area (Å²) in [4.78, 5) is 14.2. The van der Waals surface area contributed by atoms with E-state index in [1.54, 1.807) is 6.92 Å². The maximum Gasteiger partial charge on any atom is 0.259 e. The van der Waals surface area contributed by atoms with Crippen molar-refractivity contribution in [2.45, 2.75) is 38.6 Å². The predicted molar refractivity (Wildman–Crippen MR) is 61.6 cm³/mol. The van der Waals surface area contributed by atoms with Crippen LogP contribution in [0.15, 0.2) is 10.7 Å². The molecule has 5 heteroatoms. The number of aryl methyl sites for hydroxylation is 1. The Morgan fingerprint density at radius 3 is 3.12 bits per heavy atom. The van der Waals surface area contributed by atoms with Gasteiger partial charge in [0.15, 0.2) is 0 Å². The first-order valence-corrected chi connectivity index (χ1v) is 6.07. The first kappa shape index (κ1) is 12.1. The summed E-state index contributed by atoms with van der Waals surface area (Å²) >= 11 is 0. The van der Waals surface area contributed by atoms with Crippen molar-refractivity contribution in [1.82, 2.24) is 10.1 Å². The minimum Gasteiger partial charge on any atom is -0.396 e. The van der Waals surface area contributed by atoms with Crippen molar-refractivity contribution in [3.05, 3.63) is 17.5 Å². The number of piperidine rings is 1. The van der Waals surface area contributed by atoms with Crippen molar-refractivity contribution in [3.63, 3.8) is 0 Å². The van der Waals surface area contributed by atoms with Crippen molar-refractivity contribution in [1.29, 1.82) is 0 Å². The number of carbonyl (C=O) groups excluding carboxylic acids is 1. The molecule has 94 valence electrons. The number of aliphatic hydroxyl groups is 1. The Labute approximate surface area is 100 Å². The molecule has 1 amide bonds. The van der Waals surface area contributed by atoms with Gasteiger partial charge in [0.2, 0.25) is 0 Å². The van der Waals surface area contributed by atoms with Gasteiger partial charge in [-0.15, -0.1) is 0 Å². The summed E-state index contributed by atoms with van der Waals surface area (Å²) in [7, 11) is 0. The third-order valence-electron chi connectivity index (χ3n) is 3.33. The van der Waals surface area contributed by atoms with Crippen LogP contribution in [0.25, 0.3) is 0 Å². The van der Waals surface area contributed by atoms with Gasteiger partial charge in [-0.1, -0.05) is 5.16 Å². The van der Waals surface area contributed by atoms with Gasteiger partial charge in [-0.2, -0.15) is 0 Å². The average Bonchev–Trinajstić information content (AvgIpc) is 2.76. The van der Waals surface area contributed by atoms with Crippen LogP contribution in [0.5, 0.6) is 0 Å². The monoisotopic (exact) mass is 238 g/mol. The largest absolute Gasteiger partial charge is 0.396 e.